The normalized spacial score (nSPS) is 11.3. The van der Waals surface area contributed by atoms with Gasteiger partial charge in [0, 0.05) is 23.9 Å². The Kier molecular flexibility index (Phi) is 4.56. The Hall–Kier alpha value is -0.960. The minimum atomic E-state index is 0.309. The van der Waals surface area contributed by atoms with Crippen molar-refractivity contribution in [3.8, 4) is 11.3 Å². The summed E-state index contributed by atoms with van der Waals surface area (Å²) in [6.45, 7) is 4.81. The number of methoxy groups -OCH3 is 1. The van der Waals surface area contributed by atoms with Gasteiger partial charge in [0.1, 0.15) is 0 Å². The summed E-state index contributed by atoms with van der Waals surface area (Å²) in [5.41, 5.74) is 3.15. The Balaban J connectivity index is 2.58. The van der Waals surface area contributed by atoms with Gasteiger partial charge in [-0.3, -0.25) is 0 Å². The summed E-state index contributed by atoms with van der Waals surface area (Å²) < 4.78 is 7.44. The van der Waals surface area contributed by atoms with Gasteiger partial charge in [-0.1, -0.05) is 35.3 Å². The van der Waals surface area contributed by atoms with Crippen molar-refractivity contribution < 1.29 is 4.74 Å². The molecule has 1 heterocycles. The Labute approximate surface area is 123 Å². The second-order valence-corrected chi connectivity index (χ2v) is 5.58. The number of hydrogen-bond donors (Lipinski definition) is 0. The van der Waals surface area contributed by atoms with Gasteiger partial charge in [-0.2, -0.15) is 0 Å². The molecule has 2 rings (SSSR count). The number of halogens is 2. The van der Waals surface area contributed by atoms with Crippen LogP contribution in [0.15, 0.2) is 30.3 Å². The van der Waals surface area contributed by atoms with Gasteiger partial charge in [0.25, 0.3) is 0 Å². The summed E-state index contributed by atoms with van der Waals surface area (Å²) >= 11 is 12.3. The number of benzene rings is 1. The molecule has 4 heteroatoms. The Morgan fingerprint density at radius 2 is 1.79 bits per heavy atom. The molecule has 2 aromatic rings. The highest BCUT2D eigenvalue weighted by Gasteiger charge is 2.17. The molecule has 0 bridgehead atoms. The molecule has 0 N–H and O–H groups in total. The second-order valence-electron chi connectivity index (χ2n) is 4.74. The summed E-state index contributed by atoms with van der Waals surface area (Å²) in [4.78, 5) is 0. The van der Waals surface area contributed by atoms with Gasteiger partial charge < -0.3 is 9.30 Å². The number of rotatable bonds is 4. The van der Waals surface area contributed by atoms with Crippen molar-refractivity contribution in [1.82, 2.24) is 4.57 Å². The number of nitrogens with zero attached hydrogens (tertiary/aromatic N) is 1. The van der Waals surface area contributed by atoms with E-state index in [0.717, 1.165) is 27.0 Å². The van der Waals surface area contributed by atoms with E-state index >= 15 is 0 Å². The zero-order valence-electron chi connectivity index (χ0n) is 11.3. The van der Waals surface area contributed by atoms with Crippen LogP contribution >= 0.6 is 23.2 Å². The fraction of sp³-hybridized carbons (Fsp3) is 0.333. The molecule has 0 spiro atoms. The molecule has 0 aliphatic heterocycles. The lowest BCUT2D eigenvalue weighted by Crippen LogP contribution is -2.08. The van der Waals surface area contributed by atoms with E-state index in [1.807, 2.05) is 30.3 Å². The van der Waals surface area contributed by atoms with Crippen LogP contribution in [-0.4, -0.2) is 11.7 Å². The maximum Gasteiger partial charge on any atom is 0.0864 e. The molecule has 0 aliphatic rings. The van der Waals surface area contributed by atoms with E-state index < -0.39 is 0 Å². The Bertz CT molecular complexity index is 558. The zero-order chi connectivity index (χ0) is 14.0. The van der Waals surface area contributed by atoms with E-state index in [0.29, 0.717) is 12.6 Å². The minimum Gasteiger partial charge on any atom is -0.378 e. The van der Waals surface area contributed by atoms with Crippen molar-refractivity contribution in [2.45, 2.75) is 26.5 Å². The fourth-order valence-corrected chi connectivity index (χ4v) is 2.73. The summed E-state index contributed by atoms with van der Waals surface area (Å²) in [6.07, 6.45) is 0. The van der Waals surface area contributed by atoms with Crippen LogP contribution in [0.2, 0.25) is 10.0 Å². The topological polar surface area (TPSA) is 14.2 Å². The van der Waals surface area contributed by atoms with Gasteiger partial charge in [0.2, 0.25) is 0 Å². The van der Waals surface area contributed by atoms with E-state index in [9.17, 15) is 0 Å². The molecular weight excluding hydrogens is 281 g/mol. The first-order valence-electron chi connectivity index (χ1n) is 6.19. The number of ether oxygens (including phenoxy) is 1. The van der Waals surface area contributed by atoms with E-state index in [1.165, 1.54) is 0 Å². The van der Waals surface area contributed by atoms with Crippen LogP contribution in [0.25, 0.3) is 11.3 Å². The molecule has 0 amide bonds. The van der Waals surface area contributed by atoms with E-state index in [1.54, 1.807) is 7.11 Å². The highest BCUT2D eigenvalue weighted by molar-refractivity contribution is 6.33. The molecule has 19 heavy (non-hydrogen) atoms. The van der Waals surface area contributed by atoms with E-state index in [2.05, 4.69) is 18.4 Å². The highest BCUT2D eigenvalue weighted by atomic mass is 35.5. The molecular formula is C15H17Cl2NO. The fourth-order valence-electron chi connectivity index (χ4n) is 2.28. The van der Waals surface area contributed by atoms with Gasteiger partial charge in [-0.15, -0.1) is 0 Å². The predicted octanol–water partition coefficient (Wildman–Crippen LogP) is 5.19. The molecule has 0 saturated carbocycles. The standard InChI is InChI=1S/C15H17Cl2NO/c1-10(2)18-13(9-19-3)8-14(17)15(18)11-4-6-12(16)7-5-11/h4-8,10H,9H2,1-3H3. The molecule has 2 nitrogen and oxygen atoms in total. The molecule has 1 aromatic carbocycles. The molecule has 0 atom stereocenters. The lowest BCUT2D eigenvalue weighted by molar-refractivity contribution is 0.177. The maximum atomic E-state index is 6.39. The third-order valence-electron chi connectivity index (χ3n) is 3.00. The largest absolute Gasteiger partial charge is 0.378 e. The van der Waals surface area contributed by atoms with E-state index in [-0.39, 0.29) is 0 Å². The van der Waals surface area contributed by atoms with Crippen molar-refractivity contribution >= 4 is 23.2 Å². The molecule has 0 unspecified atom stereocenters. The van der Waals surface area contributed by atoms with Crippen LogP contribution in [0.4, 0.5) is 0 Å². The molecule has 102 valence electrons. The SMILES string of the molecule is COCc1cc(Cl)c(-c2ccc(Cl)cc2)n1C(C)C. The predicted molar refractivity (Wildman–Crippen MR) is 81.0 cm³/mol. The van der Waals surface area contributed by atoms with Crippen LogP contribution in [0.5, 0.6) is 0 Å². The molecule has 0 aliphatic carbocycles. The monoisotopic (exact) mass is 297 g/mol. The third-order valence-corrected chi connectivity index (χ3v) is 3.54. The summed E-state index contributed by atoms with van der Waals surface area (Å²) in [5, 5.41) is 1.46. The zero-order valence-corrected chi connectivity index (χ0v) is 12.8. The smallest absolute Gasteiger partial charge is 0.0864 e. The average Bonchev–Trinajstić information content (AvgIpc) is 2.68. The van der Waals surface area contributed by atoms with Crippen molar-refractivity contribution in [2.75, 3.05) is 7.11 Å². The van der Waals surface area contributed by atoms with Gasteiger partial charge in [-0.25, -0.2) is 0 Å². The highest BCUT2D eigenvalue weighted by Crippen LogP contribution is 2.34. The second kappa shape index (κ2) is 6.00. The lowest BCUT2D eigenvalue weighted by Gasteiger charge is -2.17. The summed E-state index contributed by atoms with van der Waals surface area (Å²) in [5.74, 6) is 0. The third kappa shape index (κ3) is 2.97. The number of hydrogen-bond acceptors (Lipinski definition) is 1. The van der Waals surface area contributed by atoms with Crippen molar-refractivity contribution in [3.05, 3.63) is 46.1 Å². The van der Waals surface area contributed by atoms with Crippen molar-refractivity contribution in [2.24, 2.45) is 0 Å². The van der Waals surface area contributed by atoms with Crippen molar-refractivity contribution in [1.29, 1.82) is 0 Å². The first kappa shape index (κ1) is 14.4. The van der Waals surface area contributed by atoms with Crippen LogP contribution < -0.4 is 0 Å². The first-order chi connectivity index (χ1) is 9.04. The van der Waals surface area contributed by atoms with Crippen LogP contribution in [0.3, 0.4) is 0 Å². The Morgan fingerprint density at radius 1 is 1.16 bits per heavy atom. The van der Waals surface area contributed by atoms with Crippen molar-refractivity contribution in [3.63, 3.8) is 0 Å². The molecule has 0 radical (unpaired) electrons. The lowest BCUT2D eigenvalue weighted by atomic mass is 10.1. The van der Waals surface area contributed by atoms with Crippen LogP contribution in [0.1, 0.15) is 25.6 Å². The first-order valence-corrected chi connectivity index (χ1v) is 6.94. The summed E-state index contributed by atoms with van der Waals surface area (Å²) in [7, 11) is 1.69. The van der Waals surface area contributed by atoms with Gasteiger partial charge in [0.15, 0.2) is 0 Å². The minimum absolute atomic E-state index is 0.309. The maximum absolute atomic E-state index is 6.39. The van der Waals surface area contributed by atoms with Gasteiger partial charge >= 0.3 is 0 Å². The quantitative estimate of drug-likeness (QED) is 0.757. The molecule has 1 aromatic heterocycles. The van der Waals surface area contributed by atoms with E-state index in [4.69, 9.17) is 27.9 Å². The van der Waals surface area contributed by atoms with Gasteiger partial charge in [0.05, 0.1) is 17.3 Å². The number of aromatic nitrogens is 1. The average molecular weight is 298 g/mol. The van der Waals surface area contributed by atoms with Crippen LogP contribution in [-0.2, 0) is 11.3 Å². The van der Waals surface area contributed by atoms with Crippen LogP contribution in [0, 0.1) is 0 Å². The Morgan fingerprint density at radius 3 is 2.32 bits per heavy atom. The molecule has 0 saturated heterocycles. The van der Waals surface area contributed by atoms with Gasteiger partial charge in [-0.05, 0) is 37.6 Å². The summed E-state index contributed by atoms with van der Waals surface area (Å²) in [6, 6.07) is 10.00. The molecule has 0 fully saturated rings.